The number of anilines is 1. The lowest BCUT2D eigenvalue weighted by molar-refractivity contribution is -0.389. The zero-order valence-corrected chi connectivity index (χ0v) is 16.2. The lowest BCUT2D eigenvalue weighted by Crippen LogP contribution is -2.53. The highest BCUT2D eigenvalue weighted by atomic mass is 19.4. The maximum atomic E-state index is 12.7. The third-order valence-electron chi connectivity index (χ3n) is 5.19. The Labute approximate surface area is 170 Å². The molecular weight excluding hydrogens is 405 g/mol. The summed E-state index contributed by atoms with van der Waals surface area (Å²) in [7, 11) is 0. The molecule has 30 heavy (non-hydrogen) atoms. The molecule has 0 aliphatic carbocycles. The van der Waals surface area contributed by atoms with E-state index in [1.165, 1.54) is 18.3 Å². The van der Waals surface area contributed by atoms with Gasteiger partial charge in [0.2, 0.25) is 0 Å². The fraction of sp³-hybridized carbons (Fsp3) is 0.500. The molecule has 12 heteroatoms. The van der Waals surface area contributed by atoms with Crippen molar-refractivity contribution >= 4 is 11.5 Å². The maximum Gasteiger partial charge on any atom is 0.416 e. The Bertz CT molecular complexity index is 899. The molecule has 1 unspecified atom stereocenters. The number of imidazole rings is 1. The van der Waals surface area contributed by atoms with E-state index in [-0.39, 0.29) is 11.8 Å². The van der Waals surface area contributed by atoms with Crippen molar-refractivity contribution in [3.05, 3.63) is 46.1 Å². The number of benzene rings is 1. The molecule has 162 valence electrons. The van der Waals surface area contributed by atoms with Crippen molar-refractivity contribution in [2.24, 2.45) is 0 Å². The second kappa shape index (κ2) is 7.43. The van der Waals surface area contributed by atoms with E-state index in [1.54, 1.807) is 4.57 Å². The second-order valence-electron chi connectivity index (χ2n) is 7.77. The predicted octanol–water partition coefficient (Wildman–Crippen LogP) is 2.61. The van der Waals surface area contributed by atoms with E-state index in [0.717, 1.165) is 25.2 Å². The number of nitrogens with one attached hydrogen (secondary N) is 1. The summed E-state index contributed by atoms with van der Waals surface area (Å²) in [5.74, 6) is -0.227. The summed E-state index contributed by atoms with van der Waals surface area (Å²) >= 11 is 0. The number of piperazine rings is 1. The quantitative estimate of drug-likeness (QED) is 0.581. The molecule has 3 heterocycles. The average Bonchev–Trinajstić information content (AvgIpc) is 3.18. The molecule has 1 N–H and O–H groups in total. The molecule has 0 saturated carbocycles. The molecule has 0 radical (unpaired) electrons. The number of hydrogen-bond donors (Lipinski definition) is 1. The number of fused-ring (bicyclic) bond motifs is 1. The first kappa shape index (κ1) is 20.4. The van der Waals surface area contributed by atoms with Crippen molar-refractivity contribution in [2.75, 3.05) is 38.1 Å². The van der Waals surface area contributed by atoms with Crippen molar-refractivity contribution in [3.63, 3.8) is 0 Å². The van der Waals surface area contributed by atoms with Crippen molar-refractivity contribution in [3.8, 4) is 6.01 Å². The number of nitro groups is 1. The van der Waals surface area contributed by atoms with E-state index >= 15 is 0 Å². The van der Waals surface area contributed by atoms with E-state index in [0.29, 0.717) is 31.9 Å². The van der Waals surface area contributed by atoms with Crippen LogP contribution in [0.15, 0.2) is 30.5 Å². The zero-order chi connectivity index (χ0) is 21.5. The molecule has 2 aliphatic rings. The molecule has 1 aromatic carbocycles. The van der Waals surface area contributed by atoms with Crippen LogP contribution in [0.4, 0.5) is 24.7 Å². The van der Waals surface area contributed by atoms with Gasteiger partial charge in [-0.15, -0.1) is 0 Å². The van der Waals surface area contributed by atoms with E-state index in [9.17, 15) is 23.3 Å². The number of rotatable bonds is 5. The topological polar surface area (TPSA) is 88.7 Å². The van der Waals surface area contributed by atoms with Gasteiger partial charge in [0.05, 0.1) is 12.1 Å². The van der Waals surface area contributed by atoms with Crippen LogP contribution in [0.1, 0.15) is 12.5 Å². The van der Waals surface area contributed by atoms with Crippen LogP contribution in [0.25, 0.3) is 0 Å². The Morgan fingerprint density at radius 2 is 1.90 bits per heavy atom. The highest BCUT2D eigenvalue weighted by molar-refractivity contribution is 5.44. The first-order chi connectivity index (χ1) is 14.1. The molecule has 0 amide bonds. The Morgan fingerprint density at radius 1 is 1.23 bits per heavy atom. The number of alkyl halides is 3. The van der Waals surface area contributed by atoms with Gasteiger partial charge in [-0.25, -0.2) is 5.01 Å². The third-order valence-corrected chi connectivity index (χ3v) is 5.19. The molecule has 0 bridgehead atoms. The van der Waals surface area contributed by atoms with Gasteiger partial charge in [-0.05, 0) is 36.1 Å². The Kier molecular flexibility index (Phi) is 5.06. The van der Waals surface area contributed by atoms with Gasteiger partial charge in [0.15, 0.2) is 0 Å². The van der Waals surface area contributed by atoms with Crippen molar-refractivity contribution in [1.82, 2.24) is 19.5 Å². The Balaban J connectivity index is 1.27. The molecule has 9 nitrogen and oxygen atoms in total. The number of hydrogen-bond acceptors (Lipinski definition) is 7. The summed E-state index contributed by atoms with van der Waals surface area (Å²) < 4.78 is 45.5. The predicted molar refractivity (Wildman–Crippen MR) is 101 cm³/mol. The van der Waals surface area contributed by atoms with Gasteiger partial charge >= 0.3 is 18.0 Å². The minimum atomic E-state index is -4.34. The molecule has 1 aromatic heterocycles. The van der Waals surface area contributed by atoms with Crippen LogP contribution >= 0.6 is 0 Å². The van der Waals surface area contributed by atoms with Gasteiger partial charge in [0, 0.05) is 43.4 Å². The minimum absolute atomic E-state index is 0.227. The van der Waals surface area contributed by atoms with Crippen LogP contribution in [-0.2, 0) is 12.7 Å². The second-order valence-corrected chi connectivity index (χ2v) is 7.77. The first-order valence-corrected chi connectivity index (χ1v) is 9.43. The number of aromatic nitrogens is 2. The average molecular weight is 426 g/mol. The van der Waals surface area contributed by atoms with Crippen molar-refractivity contribution < 1.29 is 22.8 Å². The molecule has 2 aromatic rings. The third kappa shape index (κ3) is 4.33. The Morgan fingerprint density at radius 3 is 2.47 bits per heavy atom. The number of nitrogens with zero attached hydrogens (tertiary/aromatic N) is 5. The molecule has 1 fully saturated rings. The minimum Gasteiger partial charge on any atom is -0.436 e. The van der Waals surface area contributed by atoms with Gasteiger partial charge in [-0.1, -0.05) is 0 Å². The smallest absolute Gasteiger partial charge is 0.416 e. The fourth-order valence-electron chi connectivity index (χ4n) is 3.77. The summed E-state index contributed by atoms with van der Waals surface area (Å²) in [5, 5.41) is 12.8. The Hall–Kier alpha value is -2.86. The molecule has 1 saturated heterocycles. The van der Waals surface area contributed by atoms with E-state index in [2.05, 4.69) is 15.3 Å². The van der Waals surface area contributed by atoms with Crippen LogP contribution in [0, 0.1) is 10.1 Å². The molecule has 0 spiro atoms. The van der Waals surface area contributed by atoms with E-state index in [4.69, 9.17) is 4.74 Å². The van der Waals surface area contributed by atoms with Crippen molar-refractivity contribution in [2.45, 2.75) is 25.2 Å². The molecule has 1 atom stereocenters. The number of halogens is 3. The van der Waals surface area contributed by atoms with Crippen LogP contribution in [0.3, 0.4) is 0 Å². The van der Waals surface area contributed by atoms with Crippen LogP contribution in [-0.4, -0.2) is 62.7 Å². The van der Waals surface area contributed by atoms with Crippen LogP contribution in [0.5, 0.6) is 6.01 Å². The summed E-state index contributed by atoms with van der Waals surface area (Å²) in [6.07, 6.45) is -2.96. The summed E-state index contributed by atoms with van der Waals surface area (Å²) in [4.78, 5) is 16.4. The monoisotopic (exact) mass is 426 g/mol. The maximum absolute atomic E-state index is 12.7. The fourth-order valence-corrected chi connectivity index (χ4v) is 3.77. The largest absolute Gasteiger partial charge is 0.436 e. The lowest BCUT2D eigenvalue weighted by atomic mass is 10.1. The van der Waals surface area contributed by atoms with Gasteiger partial charge in [0.25, 0.3) is 0 Å². The van der Waals surface area contributed by atoms with Crippen molar-refractivity contribution in [1.29, 1.82) is 0 Å². The zero-order valence-electron chi connectivity index (χ0n) is 16.2. The van der Waals surface area contributed by atoms with Gasteiger partial charge in [-0.3, -0.25) is 9.47 Å². The molecule has 2 aliphatic heterocycles. The van der Waals surface area contributed by atoms with Gasteiger partial charge in [0.1, 0.15) is 11.8 Å². The number of hydrazine groups is 1. The summed E-state index contributed by atoms with van der Waals surface area (Å²) in [5.41, 5.74) is 2.55. The highest BCUT2D eigenvalue weighted by Crippen LogP contribution is 2.32. The standard InChI is InChI=1S/C18H21F3N6O3/c1-17(12-25-10-15(27(28)29)22-16(25)30-17)11-24-6-8-26(9-7-24)23-14-4-2-13(3-5-14)18(19,20)21/h2-5,10,23H,6-9,11-12H2,1H3. The van der Waals surface area contributed by atoms with Gasteiger partial charge in [-0.2, -0.15) is 13.2 Å². The number of ether oxygens (including phenoxy) is 1. The normalized spacial score (nSPS) is 22.5. The van der Waals surface area contributed by atoms with Gasteiger partial charge < -0.3 is 20.3 Å². The SMILES string of the molecule is CC1(CN2CCN(Nc3ccc(C(F)(F)F)cc3)CC2)Cn2cc([N+](=O)[O-])nc2O1. The van der Waals surface area contributed by atoms with E-state index < -0.39 is 22.3 Å². The highest BCUT2D eigenvalue weighted by Gasteiger charge is 2.41. The van der Waals surface area contributed by atoms with E-state index in [1.807, 2.05) is 11.9 Å². The summed E-state index contributed by atoms with van der Waals surface area (Å²) in [6.45, 7) is 5.93. The summed E-state index contributed by atoms with van der Waals surface area (Å²) in [6, 6.07) is 5.22. The van der Waals surface area contributed by atoms with Crippen LogP contribution < -0.4 is 10.2 Å². The molecule has 4 rings (SSSR count). The lowest BCUT2D eigenvalue weighted by Gasteiger charge is -2.38. The molecular formula is C18H21F3N6O3. The van der Waals surface area contributed by atoms with Crippen LogP contribution in [0.2, 0.25) is 0 Å². The first-order valence-electron chi connectivity index (χ1n) is 9.43.